The Labute approximate surface area is 171 Å². The fourth-order valence-electron chi connectivity index (χ4n) is 3.66. The first kappa shape index (κ1) is 18.1. The number of hydrogen-bond acceptors (Lipinski definition) is 7. The second-order valence-corrected chi connectivity index (χ2v) is 7.78. The molecule has 0 N–H and O–H groups in total. The highest BCUT2D eigenvalue weighted by molar-refractivity contribution is 7.07. The van der Waals surface area contributed by atoms with Crippen molar-refractivity contribution in [1.82, 2.24) is 29.7 Å². The molecule has 9 heteroatoms. The van der Waals surface area contributed by atoms with Crippen molar-refractivity contribution in [2.24, 2.45) is 0 Å². The fourth-order valence-corrected chi connectivity index (χ4v) is 4.21. The van der Waals surface area contributed by atoms with Crippen molar-refractivity contribution in [3.05, 3.63) is 58.8 Å². The third-order valence-electron chi connectivity index (χ3n) is 5.15. The van der Waals surface area contributed by atoms with Crippen molar-refractivity contribution < 1.29 is 4.39 Å². The highest BCUT2D eigenvalue weighted by Gasteiger charge is 2.19. The van der Waals surface area contributed by atoms with E-state index in [2.05, 4.69) is 30.4 Å². The minimum absolute atomic E-state index is 0.332. The van der Waals surface area contributed by atoms with Crippen LogP contribution < -0.4 is 4.90 Å². The standard InChI is InChI=1S/C20H20FN7S/c21-17-5-2-1-4-16(17)20-24-23-18-6-7-19(25-28(18)20)27-9-3-8-26(10-11-27)12-15-13-29-14-22-15/h1-2,4-7,13-14H,3,8-12H2. The summed E-state index contributed by atoms with van der Waals surface area (Å²) in [7, 11) is 0. The van der Waals surface area contributed by atoms with Crippen molar-refractivity contribution >= 4 is 22.8 Å². The molecule has 29 heavy (non-hydrogen) atoms. The van der Waals surface area contributed by atoms with Crippen LogP contribution in [0.2, 0.25) is 0 Å². The zero-order valence-corrected chi connectivity index (χ0v) is 16.6. The van der Waals surface area contributed by atoms with Gasteiger partial charge in [0.25, 0.3) is 0 Å². The molecule has 148 valence electrons. The molecule has 1 aromatic carbocycles. The summed E-state index contributed by atoms with van der Waals surface area (Å²) in [6.07, 6.45) is 1.05. The molecule has 0 atom stereocenters. The van der Waals surface area contributed by atoms with E-state index in [1.807, 2.05) is 17.6 Å². The molecular formula is C20H20FN7S. The van der Waals surface area contributed by atoms with Gasteiger partial charge in [0.2, 0.25) is 0 Å². The van der Waals surface area contributed by atoms with Gasteiger partial charge in [-0.25, -0.2) is 9.37 Å². The molecule has 1 fully saturated rings. The van der Waals surface area contributed by atoms with Crippen molar-refractivity contribution in [2.45, 2.75) is 13.0 Å². The molecule has 5 rings (SSSR count). The Morgan fingerprint density at radius 3 is 2.79 bits per heavy atom. The van der Waals surface area contributed by atoms with Gasteiger partial charge in [0.15, 0.2) is 11.5 Å². The number of thiazole rings is 1. The molecule has 1 aliphatic heterocycles. The van der Waals surface area contributed by atoms with Gasteiger partial charge in [-0.05, 0) is 30.7 Å². The molecule has 0 spiro atoms. The second-order valence-electron chi connectivity index (χ2n) is 7.06. The van der Waals surface area contributed by atoms with E-state index in [1.165, 1.54) is 6.07 Å². The Kier molecular flexibility index (Phi) is 4.91. The molecule has 3 aromatic heterocycles. The van der Waals surface area contributed by atoms with Gasteiger partial charge in [0.05, 0.1) is 16.8 Å². The lowest BCUT2D eigenvalue weighted by molar-refractivity contribution is 0.282. The maximum Gasteiger partial charge on any atom is 0.188 e. The number of halogens is 1. The Balaban J connectivity index is 1.39. The molecule has 0 saturated carbocycles. The zero-order chi connectivity index (χ0) is 19.6. The van der Waals surface area contributed by atoms with Gasteiger partial charge in [0, 0.05) is 38.1 Å². The topological polar surface area (TPSA) is 62.5 Å². The molecule has 7 nitrogen and oxygen atoms in total. The van der Waals surface area contributed by atoms with Crippen LogP contribution in [0.5, 0.6) is 0 Å². The minimum Gasteiger partial charge on any atom is -0.354 e. The molecule has 1 saturated heterocycles. The molecular weight excluding hydrogens is 389 g/mol. The van der Waals surface area contributed by atoms with Crippen LogP contribution in [0.25, 0.3) is 17.0 Å². The first-order valence-electron chi connectivity index (χ1n) is 9.60. The summed E-state index contributed by atoms with van der Waals surface area (Å²) in [6.45, 7) is 4.65. The highest BCUT2D eigenvalue weighted by Crippen LogP contribution is 2.22. The van der Waals surface area contributed by atoms with Gasteiger partial charge < -0.3 is 4.90 Å². The number of benzene rings is 1. The third-order valence-corrected chi connectivity index (χ3v) is 5.78. The van der Waals surface area contributed by atoms with Crippen LogP contribution in [0.15, 0.2) is 47.3 Å². The van der Waals surface area contributed by atoms with Crippen LogP contribution in [-0.2, 0) is 6.54 Å². The van der Waals surface area contributed by atoms with E-state index in [0.717, 1.165) is 50.7 Å². The Morgan fingerprint density at radius 2 is 1.93 bits per heavy atom. The second kappa shape index (κ2) is 7.84. The molecule has 4 aromatic rings. The predicted octanol–water partition coefficient (Wildman–Crippen LogP) is 3.10. The number of fused-ring (bicyclic) bond motifs is 1. The Morgan fingerprint density at radius 1 is 1.00 bits per heavy atom. The number of hydrogen-bond donors (Lipinski definition) is 0. The Hall–Kier alpha value is -2.91. The summed E-state index contributed by atoms with van der Waals surface area (Å²) in [6, 6.07) is 10.4. The van der Waals surface area contributed by atoms with E-state index >= 15 is 0 Å². The molecule has 4 heterocycles. The summed E-state index contributed by atoms with van der Waals surface area (Å²) in [5.74, 6) is 0.937. The molecule has 0 aliphatic carbocycles. The normalized spacial score (nSPS) is 15.7. The van der Waals surface area contributed by atoms with Crippen LogP contribution in [-0.4, -0.2) is 55.9 Å². The van der Waals surface area contributed by atoms with Crippen molar-refractivity contribution in [3.63, 3.8) is 0 Å². The minimum atomic E-state index is -0.332. The van der Waals surface area contributed by atoms with E-state index < -0.39 is 0 Å². The van der Waals surface area contributed by atoms with Crippen molar-refractivity contribution in [3.8, 4) is 11.4 Å². The maximum atomic E-state index is 14.3. The van der Waals surface area contributed by atoms with Crippen LogP contribution in [0, 0.1) is 5.82 Å². The van der Waals surface area contributed by atoms with Gasteiger partial charge >= 0.3 is 0 Å². The van der Waals surface area contributed by atoms with Gasteiger partial charge in [-0.2, -0.15) is 4.52 Å². The number of rotatable bonds is 4. The fraction of sp³-hybridized carbons (Fsp3) is 0.300. The van der Waals surface area contributed by atoms with E-state index in [4.69, 9.17) is 5.10 Å². The number of aromatic nitrogens is 5. The first-order valence-corrected chi connectivity index (χ1v) is 10.5. The number of nitrogens with zero attached hydrogens (tertiary/aromatic N) is 7. The lowest BCUT2D eigenvalue weighted by atomic mass is 10.2. The molecule has 0 amide bonds. The predicted molar refractivity (Wildman–Crippen MR) is 110 cm³/mol. The highest BCUT2D eigenvalue weighted by atomic mass is 32.1. The van der Waals surface area contributed by atoms with E-state index in [-0.39, 0.29) is 5.82 Å². The summed E-state index contributed by atoms with van der Waals surface area (Å²) in [5.41, 5.74) is 4.01. The van der Waals surface area contributed by atoms with Gasteiger partial charge in [0.1, 0.15) is 11.6 Å². The smallest absolute Gasteiger partial charge is 0.188 e. The van der Waals surface area contributed by atoms with Crippen LogP contribution in [0.1, 0.15) is 12.1 Å². The zero-order valence-electron chi connectivity index (χ0n) is 15.8. The summed E-state index contributed by atoms with van der Waals surface area (Å²) >= 11 is 1.63. The quantitative estimate of drug-likeness (QED) is 0.516. The summed E-state index contributed by atoms with van der Waals surface area (Å²) in [5, 5.41) is 15.2. The van der Waals surface area contributed by atoms with Crippen molar-refractivity contribution in [2.75, 3.05) is 31.1 Å². The van der Waals surface area contributed by atoms with Gasteiger partial charge in [-0.15, -0.1) is 26.6 Å². The third kappa shape index (κ3) is 3.70. The van der Waals surface area contributed by atoms with E-state index in [0.29, 0.717) is 17.0 Å². The number of anilines is 1. The monoisotopic (exact) mass is 409 g/mol. The lowest BCUT2D eigenvalue weighted by Gasteiger charge is -2.22. The largest absolute Gasteiger partial charge is 0.354 e. The average Bonchev–Trinajstić information content (AvgIpc) is 3.34. The average molecular weight is 409 g/mol. The van der Waals surface area contributed by atoms with E-state index in [9.17, 15) is 4.39 Å². The molecule has 1 aliphatic rings. The maximum absolute atomic E-state index is 14.3. The van der Waals surface area contributed by atoms with Crippen LogP contribution in [0.3, 0.4) is 0 Å². The summed E-state index contributed by atoms with van der Waals surface area (Å²) < 4.78 is 15.9. The SMILES string of the molecule is Fc1ccccc1-c1nnc2ccc(N3CCCN(Cc4cscn4)CC3)nn12. The van der Waals surface area contributed by atoms with Gasteiger partial charge in [-0.3, -0.25) is 4.90 Å². The first-order chi connectivity index (χ1) is 14.3. The molecule has 0 bridgehead atoms. The summed E-state index contributed by atoms with van der Waals surface area (Å²) in [4.78, 5) is 9.09. The Bertz CT molecular complexity index is 1110. The van der Waals surface area contributed by atoms with Crippen molar-refractivity contribution in [1.29, 1.82) is 0 Å². The lowest BCUT2D eigenvalue weighted by Crippen LogP contribution is -2.31. The molecule has 0 radical (unpaired) electrons. The molecule has 0 unspecified atom stereocenters. The van der Waals surface area contributed by atoms with Crippen LogP contribution in [0.4, 0.5) is 10.2 Å². The van der Waals surface area contributed by atoms with Crippen LogP contribution >= 0.6 is 11.3 Å². The van der Waals surface area contributed by atoms with E-state index in [1.54, 1.807) is 34.1 Å². The van der Waals surface area contributed by atoms with Gasteiger partial charge in [-0.1, -0.05) is 12.1 Å².